The fourth-order valence-corrected chi connectivity index (χ4v) is 2.31. The lowest BCUT2D eigenvalue weighted by atomic mass is 10.1. The smallest absolute Gasteiger partial charge is 0.134 e. The van der Waals surface area contributed by atoms with Gasteiger partial charge in [-0.25, -0.2) is 14.4 Å². The molecule has 3 rings (SSSR count). The lowest BCUT2D eigenvalue weighted by molar-refractivity contribution is 0.630. The van der Waals surface area contributed by atoms with Crippen LogP contribution in [0, 0.1) is 5.82 Å². The zero-order valence-corrected chi connectivity index (χ0v) is 12.0. The van der Waals surface area contributed by atoms with Gasteiger partial charge in [-0.15, -0.1) is 0 Å². The average molecular weight is 322 g/mol. The summed E-state index contributed by atoms with van der Waals surface area (Å²) in [6.07, 6.45) is 2.24. The summed E-state index contributed by atoms with van der Waals surface area (Å²) in [6.45, 7) is 0. The number of hydrogen-bond acceptors (Lipinski definition) is 3. The van der Waals surface area contributed by atoms with Gasteiger partial charge in [-0.3, -0.25) is 0 Å². The molecule has 1 aliphatic carbocycles. The van der Waals surface area contributed by atoms with Gasteiger partial charge in [-0.1, -0.05) is 15.9 Å². The van der Waals surface area contributed by atoms with Crippen molar-refractivity contribution in [3.05, 3.63) is 40.4 Å². The van der Waals surface area contributed by atoms with E-state index in [1.54, 1.807) is 25.2 Å². The van der Waals surface area contributed by atoms with E-state index in [4.69, 9.17) is 0 Å². The zero-order valence-electron chi connectivity index (χ0n) is 10.5. The van der Waals surface area contributed by atoms with Crippen molar-refractivity contribution in [1.82, 2.24) is 9.97 Å². The van der Waals surface area contributed by atoms with E-state index >= 15 is 0 Å². The summed E-state index contributed by atoms with van der Waals surface area (Å²) in [5.41, 5.74) is 1.12. The van der Waals surface area contributed by atoms with E-state index in [0.29, 0.717) is 17.2 Å². The Labute approximate surface area is 119 Å². The fourth-order valence-electron chi connectivity index (χ4n) is 1.95. The quantitative estimate of drug-likeness (QED) is 0.929. The van der Waals surface area contributed by atoms with Crippen LogP contribution in [0.1, 0.15) is 24.6 Å². The molecule has 19 heavy (non-hydrogen) atoms. The van der Waals surface area contributed by atoms with Crippen LogP contribution in [0.15, 0.2) is 28.7 Å². The molecule has 0 spiro atoms. The molecule has 0 saturated heterocycles. The maximum Gasteiger partial charge on any atom is 0.134 e. The predicted octanol–water partition coefficient (Wildman–Crippen LogP) is 3.96. The van der Waals surface area contributed by atoms with Crippen molar-refractivity contribution < 1.29 is 4.39 Å². The van der Waals surface area contributed by atoms with E-state index in [2.05, 4.69) is 31.2 Å². The monoisotopic (exact) mass is 321 g/mol. The largest absolute Gasteiger partial charge is 0.373 e. The minimum absolute atomic E-state index is 0.272. The molecular weight excluding hydrogens is 309 g/mol. The molecule has 0 atom stereocenters. The summed E-state index contributed by atoms with van der Waals surface area (Å²) in [5, 5.41) is 3.01. The normalized spacial score (nSPS) is 14.5. The minimum atomic E-state index is -0.272. The first-order valence-electron chi connectivity index (χ1n) is 6.19. The number of nitrogens with zero attached hydrogens (tertiary/aromatic N) is 2. The van der Waals surface area contributed by atoms with Crippen molar-refractivity contribution >= 4 is 21.7 Å². The van der Waals surface area contributed by atoms with Crippen molar-refractivity contribution in [2.75, 3.05) is 12.4 Å². The highest BCUT2D eigenvalue weighted by Gasteiger charge is 2.27. The van der Waals surface area contributed by atoms with E-state index in [1.165, 1.54) is 6.07 Å². The van der Waals surface area contributed by atoms with Crippen LogP contribution >= 0.6 is 15.9 Å². The molecular formula is C14H13BrFN3. The highest BCUT2D eigenvalue weighted by molar-refractivity contribution is 9.10. The molecule has 0 amide bonds. The number of rotatable bonds is 3. The van der Waals surface area contributed by atoms with Gasteiger partial charge in [-0.2, -0.15) is 0 Å². The summed E-state index contributed by atoms with van der Waals surface area (Å²) in [6, 6.07) is 6.64. The van der Waals surface area contributed by atoms with Gasteiger partial charge in [-0.05, 0) is 31.0 Å². The Morgan fingerprint density at radius 3 is 2.74 bits per heavy atom. The van der Waals surface area contributed by atoms with Gasteiger partial charge in [0, 0.05) is 29.1 Å². The molecule has 0 bridgehead atoms. The second kappa shape index (κ2) is 4.89. The third kappa shape index (κ3) is 2.61. The number of nitrogens with one attached hydrogen (secondary N) is 1. The van der Waals surface area contributed by atoms with Crippen LogP contribution in [0.4, 0.5) is 10.2 Å². The van der Waals surface area contributed by atoms with Crippen molar-refractivity contribution in [3.8, 4) is 11.3 Å². The topological polar surface area (TPSA) is 37.8 Å². The molecule has 1 aromatic carbocycles. The number of anilines is 1. The summed E-state index contributed by atoms with van der Waals surface area (Å²) < 4.78 is 14.8. The second-order valence-corrected chi connectivity index (χ2v) is 5.56. The molecule has 1 fully saturated rings. The molecule has 98 valence electrons. The van der Waals surface area contributed by atoms with Crippen LogP contribution in [0.25, 0.3) is 11.3 Å². The number of aromatic nitrogens is 2. The number of hydrogen-bond donors (Lipinski definition) is 1. The molecule has 0 radical (unpaired) electrons. The first kappa shape index (κ1) is 12.5. The molecule has 2 aromatic rings. The van der Waals surface area contributed by atoms with Gasteiger partial charge in [0.15, 0.2) is 0 Å². The van der Waals surface area contributed by atoms with Crippen molar-refractivity contribution in [1.29, 1.82) is 0 Å². The number of halogens is 2. The Bertz CT molecular complexity index is 626. The standard InChI is InChI=1S/C14H13BrFN3/c1-17-13-7-12(18-14(19-13)8-2-3-8)10-6-9(15)4-5-11(10)16/h4-8H,2-3H2,1H3,(H,17,18,19). The van der Waals surface area contributed by atoms with E-state index in [1.807, 2.05) is 0 Å². The molecule has 1 aliphatic rings. The van der Waals surface area contributed by atoms with Crippen molar-refractivity contribution in [2.45, 2.75) is 18.8 Å². The molecule has 3 nitrogen and oxygen atoms in total. The molecule has 1 N–H and O–H groups in total. The van der Waals surface area contributed by atoms with Crippen LogP contribution in [-0.2, 0) is 0 Å². The zero-order chi connectivity index (χ0) is 13.4. The van der Waals surface area contributed by atoms with E-state index in [0.717, 1.165) is 29.0 Å². The Balaban J connectivity index is 2.12. The van der Waals surface area contributed by atoms with Gasteiger partial charge < -0.3 is 5.32 Å². The van der Waals surface area contributed by atoms with E-state index < -0.39 is 0 Å². The van der Waals surface area contributed by atoms with Gasteiger partial charge in [0.25, 0.3) is 0 Å². The molecule has 0 unspecified atom stereocenters. The van der Waals surface area contributed by atoms with Gasteiger partial charge >= 0.3 is 0 Å². The maximum atomic E-state index is 13.9. The Morgan fingerprint density at radius 2 is 2.05 bits per heavy atom. The SMILES string of the molecule is CNc1cc(-c2cc(Br)ccc2F)nc(C2CC2)n1. The Morgan fingerprint density at radius 1 is 1.26 bits per heavy atom. The molecule has 1 heterocycles. The van der Waals surface area contributed by atoms with Crippen molar-refractivity contribution in [2.24, 2.45) is 0 Å². The molecule has 0 aliphatic heterocycles. The van der Waals surface area contributed by atoms with Gasteiger partial charge in [0.2, 0.25) is 0 Å². The van der Waals surface area contributed by atoms with Crippen LogP contribution < -0.4 is 5.32 Å². The molecule has 5 heteroatoms. The lowest BCUT2D eigenvalue weighted by Crippen LogP contribution is -2.01. The third-order valence-electron chi connectivity index (χ3n) is 3.15. The van der Waals surface area contributed by atoms with E-state index in [-0.39, 0.29) is 5.82 Å². The Kier molecular flexibility index (Phi) is 3.22. The first-order chi connectivity index (χ1) is 9.17. The van der Waals surface area contributed by atoms with Crippen LogP contribution in [0.3, 0.4) is 0 Å². The number of benzene rings is 1. The highest BCUT2D eigenvalue weighted by Crippen LogP contribution is 2.39. The predicted molar refractivity (Wildman–Crippen MR) is 76.6 cm³/mol. The summed E-state index contributed by atoms with van der Waals surface area (Å²) in [7, 11) is 1.81. The lowest BCUT2D eigenvalue weighted by Gasteiger charge is -2.08. The second-order valence-electron chi connectivity index (χ2n) is 4.65. The summed E-state index contributed by atoms with van der Waals surface area (Å²) in [4.78, 5) is 8.94. The minimum Gasteiger partial charge on any atom is -0.373 e. The Hall–Kier alpha value is -1.49. The third-order valence-corrected chi connectivity index (χ3v) is 3.64. The van der Waals surface area contributed by atoms with E-state index in [9.17, 15) is 4.39 Å². The first-order valence-corrected chi connectivity index (χ1v) is 6.99. The van der Waals surface area contributed by atoms with Gasteiger partial charge in [0.1, 0.15) is 17.5 Å². The molecule has 1 aromatic heterocycles. The maximum absolute atomic E-state index is 13.9. The van der Waals surface area contributed by atoms with Crippen LogP contribution in [-0.4, -0.2) is 17.0 Å². The average Bonchev–Trinajstić information content (AvgIpc) is 3.25. The van der Waals surface area contributed by atoms with Gasteiger partial charge in [0.05, 0.1) is 5.69 Å². The fraction of sp³-hybridized carbons (Fsp3) is 0.286. The summed E-state index contributed by atoms with van der Waals surface area (Å²) in [5.74, 6) is 1.69. The summed E-state index contributed by atoms with van der Waals surface area (Å²) >= 11 is 3.36. The van der Waals surface area contributed by atoms with Crippen molar-refractivity contribution in [3.63, 3.8) is 0 Å². The molecule has 1 saturated carbocycles. The van der Waals surface area contributed by atoms with Crippen LogP contribution in [0.2, 0.25) is 0 Å². The highest BCUT2D eigenvalue weighted by atomic mass is 79.9. The van der Waals surface area contributed by atoms with Crippen LogP contribution in [0.5, 0.6) is 0 Å².